The maximum absolute atomic E-state index is 12.6. The van der Waals surface area contributed by atoms with Crippen molar-refractivity contribution in [2.75, 3.05) is 11.9 Å². The number of nitrogens with zero attached hydrogens (tertiary/aromatic N) is 4. The minimum Gasteiger partial charge on any atom is -0.354 e. The number of aryl methyl sites for hydroxylation is 1. The standard InChI is InChI=1S/C20H17ClN6O/c1-3-23-20-24-9-13-6-15(19(28)26-18(13)27-20)14-5-4-12(7-16(14)21)17-10-22-8-11(2)25-17/h4-10H,3H2,1-2H3,(H2,23,24,26,27,28). The van der Waals surface area contributed by atoms with E-state index in [0.717, 1.165) is 22.3 Å². The van der Waals surface area contributed by atoms with Crippen molar-refractivity contribution in [3.63, 3.8) is 0 Å². The average molecular weight is 393 g/mol. The number of halogens is 1. The topological polar surface area (TPSA) is 96.5 Å². The van der Waals surface area contributed by atoms with Crippen LogP contribution >= 0.6 is 11.6 Å². The molecule has 140 valence electrons. The fourth-order valence-electron chi connectivity index (χ4n) is 2.93. The second-order valence-corrected chi connectivity index (χ2v) is 6.69. The lowest BCUT2D eigenvalue weighted by Crippen LogP contribution is -2.11. The normalized spacial score (nSPS) is 11.0. The molecule has 0 bridgehead atoms. The molecule has 4 rings (SSSR count). The molecule has 0 radical (unpaired) electrons. The largest absolute Gasteiger partial charge is 0.354 e. The lowest BCUT2D eigenvalue weighted by atomic mass is 10.0. The summed E-state index contributed by atoms with van der Waals surface area (Å²) in [4.78, 5) is 32.6. The van der Waals surface area contributed by atoms with E-state index >= 15 is 0 Å². The number of aromatic amines is 1. The maximum Gasteiger partial charge on any atom is 0.257 e. The number of anilines is 1. The van der Waals surface area contributed by atoms with Gasteiger partial charge in [-0.05, 0) is 26.0 Å². The van der Waals surface area contributed by atoms with Crippen molar-refractivity contribution in [2.45, 2.75) is 13.8 Å². The molecule has 3 heterocycles. The van der Waals surface area contributed by atoms with Gasteiger partial charge in [-0.25, -0.2) is 9.97 Å². The Hall–Kier alpha value is -3.32. The Morgan fingerprint density at radius 2 is 1.96 bits per heavy atom. The Morgan fingerprint density at radius 3 is 2.71 bits per heavy atom. The molecule has 0 amide bonds. The van der Waals surface area contributed by atoms with E-state index in [4.69, 9.17) is 11.6 Å². The van der Waals surface area contributed by atoms with Crippen molar-refractivity contribution >= 4 is 28.6 Å². The fraction of sp³-hybridized carbons (Fsp3) is 0.150. The molecular weight excluding hydrogens is 376 g/mol. The minimum absolute atomic E-state index is 0.265. The number of rotatable bonds is 4. The number of H-pyrrole nitrogens is 1. The van der Waals surface area contributed by atoms with Gasteiger partial charge in [-0.1, -0.05) is 23.7 Å². The van der Waals surface area contributed by atoms with Crippen LogP contribution in [0.25, 0.3) is 33.4 Å². The van der Waals surface area contributed by atoms with Gasteiger partial charge in [-0.2, -0.15) is 4.98 Å². The van der Waals surface area contributed by atoms with Crippen LogP contribution in [0.15, 0.2) is 47.7 Å². The number of nitrogens with one attached hydrogen (secondary N) is 2. The molecule has 0 spiro atoms. The molecule has 4 aromatic rings. The maximum atomic E-state index is 12.6. The summed E-state index contributed by atoms with van der Waals surface area (Å²) in [6.45, 7) is 4.53. The number of hydrogen-bond donors (Lipinski definition) is 2. The zero-order chi connectivity index (χ0) is 19.7. The van der Waals surface area contributed by atoms with Crippen molar-refractivity contribution in [1.82, 2.24) is 24.9 Å². The van der Waals surface area contributed by atoms with Crippen LogP contribution in [0.4, 0.5) is 5.95 Å². The van der Waals surface area contributed by atoms with Crippen LogP contribution in [0.3, 0.4) is 0 Å². The van der Waals surface area contributed by atoms with Gasteiger partial charge in [-0.3, -0.25) is 9.78 Å². The molecule has 0 atom stereocenters. The molecular formula is C20H17ClN6O. The molecule has 0 aliphatic carbocycles. The first-order chi connectivity index (χ1) is 13.5. The third kappa shape index (κ3) is 3.44. The van der Waals surface area contributed by atoms with E-state index in [1.54, 1.807) is 30.7 Å². The van der Waals surface area contributed by atoms with Crippen LogP contribution in [0.5, 0.6) is 0 Å². The number of benzene rings is 1. The molecule has 7 nitrogen and oxygen atoms in total. The highest BCUT2D eigenvalue weighted by Crippen LogP contribution is 2.31. The van der Waals surface area contributed by atoms with Gasteiger partial charge in [0.15, 0.2) is 0 Å². The van der Waals surface area contributed by atoms with Crippen molar-refractivity contribution in [2.24, 2.45) is 0 Å². The third-order valence-corrected chi connectivity index (χ3v) is 4.55. The monoisotopic (exact) mass is 392 g/mol. The van der Waals surface area contributed by atoms with Crippen LogP contribution in [-0.4, -0.2) is 31.5 Å². The second-order valence-electron chi connectivity index (χ2n) is 6.28. The van der Waals surface area contributed by atoms with E-state index in [1.165, 1.54) is 0 Å². The smallest absolute Gasteiger partial charge is 0.257 e. The molecule has 2 N–H and O–H groups in total. The van der Waals surface area contributed by atoms with Gasteiger partial charge in [0.05, 0.1) is 17.6 Å². The fourth-order valence-corrected chi connectivity index (χ4v) is 3.21. The van der Waals surface area contributed by atoms with E-state index in [0.29, 0.717) is 34.3 Å². The van der Waals surface area contributed by atoms with Gasteiger partial charge in [0.1, 0.15) is 5.65 Å². The Labute approximate surface area is 165 Å². The first kappa shape index (κ1) is 18.1. The number of hydrogen-bond acceptors (Lipinski definition) is 6. The lowest BCUT2D eigenvalue weighted by Gasteiger charge is -2.09. The van der Waals surface area contributed by atoms with Crippen LogP contribution in [0.2, 0.25) is 5.02 Å². The zero-order valence-corrected chi connectivity index (χ0v) is 16.1. The van der Waals surface area contributed by atoms with E-state index in [-0.39, 0.29) is 5.56 Å². The second kappa shape index (κ2) is 7.36. The number of pyridine rings is 1. The summed E-state index contributed by atoms with van der Waals surface area (Å²) in [5.41, 5.74) is 3.68. The Bertz CT molecular complexity index is 1240. The van der Waals surface area contributed by atoms with Crippen molar-refractivity contribution in [3.05, 3.63) is 63.9 Å². The Balaban J connectivity index is 1.78. The number of aromatic nitrogens is 5. The summed E-state index contributed by atoms with van der Waals surface area (Å²) in [6, 6.07) is 7.22. The van der Waals surface area contributed by atoms with Crippen LogP contribution in [0, 0.1) is 6.92 Å². The van der Waals surface area contributed by atoms with Crippen molar-refractivity contribution in [1.29, 1.82) is 0 Å². The summed E-state index contributed by atoms with van der Waals surface area (Å²) >= 11 is 6.50. The van der Waals surface area contributed by atoms with E-state index in [1.807, 2.05) is 26.0 Å². The van der Waals surface area contributed by atoms with Gasteiger partial charge in [0, 0.05) is 46.0 Å². The Morgan fingerprint density at radius 1 is 1.11 bits per heavy atom. The number of fused-ring (bicyclic) bond motifs is 1. The predicted octanol–water partition coefficient (Wildman–Crippen LogP) is 3.84. The highest BCUT2D eigenvalue weighted by atomic mass is 35.5. The summed E-state index contributed by atoms with van der Waals surface area (Å²) in [7, 11) is 0. The van der Waals surface area contributed by atoms with E-state index < -0.39 is 0 Å². The molecule has 8 heteroatoms. The van der Waals surface area contributed by atoms with Crippen LogP contribution in [-0.2, 0) is 0 Å². The van der Waals surface area contributed by atoms with E-state index in [2.05, 4.69) is 30.2 Å². The summed E-state index contributed by atoms with van der Waals surface area (Å²) < 4.78 is 0. The van der Waals surface area contributed by atoms with Crippen LogP contribution in [0.1, 0.15) is 12.6 Å². The van der Waals surface area contributed by atoms with E-state index in [9.17, 15) is 4.79 Å². The van der Waals surface area contributed by atoms with Gasteiger partial charge in [-0.15, -0.1) is 0 Å². The minimum atomic E-state index is -0.265. The molecule has 0 aliphatic rings. The summed E-state index contributed by atoms with van der Waals surface area (Å²) in [5.74, 6) is 0.472. The molecule has 1 aromatic carbocycles. The van der Waals surface area contributed by atoms with Gasteiger partial charge < -0.3 is 10.3 Å². The zero-order valence-electron chi connectivity index (χ0n) is 15.3. The molecule has 28 heavy (non-hydrogen) atoms. The molecule has 0 saturated carbocycles. The van der Waals surface area contributed by atoms with Crippen molar-refractivity contribution < 1.29 is 0 Å². The SMILES string of the molecule is CCNc1ncc2cc(-c3ccc(-c4cncc(C)n4)cc3Cl)c(=O)[nH]c2n1. The molecule has 0 fully saturated rings. The first-order valence-corrected chi connectivity index (χ1v) is 9.16. The highest BCUT2D eigenvalue weighted by molar-refractivity contribution is 6.33. The molecule has 0 saturated heterocycles. The first-order valence-electron chi connectivity index (χ1n) is 8.78. The Kier molecular flexibility index (Phi) is 4.75. The third-order valence-electron chi connectivity index (χ3n) is 4.24. The molecule has 0 aliphatic heterocycles. The molecule has 0 unspecified atom stereocenters. The highest BCUT2D eigenvalue weighted by Gasteiger charge is 2.12. The van der Waals surface area contributed by atoms with Gasteiger partial charge in [0.2, 0.25) is 5.95 Å². The predicted molar refractivity (Wildman–Crippen MR) is 111 cm³/mol. The summed E-state index contributed by atoms with van der Waals surface area (Å²) in [5, 5.41) is 4.20. The van der Waals surface area contributed by atoms with Gasteiger partial charge in [0.25, 0.3) is 5.56 Å². The average Bonchev–Trinajstić information content (AvgIpc) is 2.68. The quantitative estimate of drug-likeness (QED) is 0.547. The van der Waals surface area contributed by atoms with Gasteiger partial charge >= 0.3 is 0 Å². The van der Waals surface area contributed by atoms with Crippen molar-refractivity contribution in [3.8, 4) is 22.4 Å². The molecule has 3 aromatic heterocycles. The van der Waals surface area contributed by atoms with Crippen LogP contribution < -0.4 is 10.9 Å². The summed E-state index contributed by atoms with van der Waals surface area (Å²) in [6.07, 6.45) is 5.04. The lowest BCUT2D eigenvalue weighted by molar-refractivity contribution is 1.09.